The van der Waals surface area contributed by atoms with Crippen LogP contribution in [0.5, 0.6) is 5.75 Å². The van der Waals surface area contributed by atoms with Crippen molar-refractivity contribution >= 4 is 23.5 Å². The number of rotatable bonds is 9. The van der Waals surface area contributed by atoms with Gasteiger partial charge in [0, 0.05) is 5.69 Å². The number of methoxy groups -OCH3 is 1. The largest absolute Gasteiger partial charge is 0.497 e. The first-order valence-electron chi connectivity index (χ1n) is 9.21. The molecular formula is C19H24N4O6. The molecule has 2 rings (SSSR count). The lowest BCUT2D eigenvalue weighted by atomic mass is 10.2. The number of nitrogens with zero attached hydrogens (tertiary/aromatic N) is 3. The minimum Gasteiger partial charge on any atom is -0.497 e. The molecule has 0 aliphatic carbocycles. The number of amides is 1. The summed E-state index contributed by atoms with van der Waals surface area (Å²) in [5.74, 6) is -1.40. The molecule has 0 saturated heterocycles. The van der Waals surface area contributed by atoms with Gasteiger partial charge in [-0.1, -0.05) is 12.1 Å². The Morgan fingerprint density at radius 3 is 2.21 bits per heavy atom. The fourth-order valence-corrected chi connectivity index (χ4v) is 2.61. The van der Waals surface area contributed by atoms with Gasteiger partial charge in [0.25, 0.3) is 0 Å². The molecular weight excluding hydrogens is 380 g/mol. The quantitative estimate of drug-likeness (QED) is 0.632. The first kappa shape index (κ1) is 21.9. The zero-order valence-corrected chi connectivity index (χ0v) is 16.8. The van der Waals surface area contributed by atoms with Crippen LogP contribution in [0.15, 0.2) is 24.3 Å². The van der Waals surface area contributed by atoms with Gasteiger partial charge in [-0.15, -0.1) is 5.10 Å². The summed E-state index contributed by atoms with van der Waals surface area (Å²) < 4.78 is 16.1. The molecule has 1 aromatic carbocycles. The Bertz CT molecular complexity index is 862. The third-order valence-corrected chi connectivity index (χ3v) is 3.97. The summed E-state index contributed by atoms with van der Waals surface area (Å²) in [5, 5.41) is 10.4. The fraction of sp³-hybridized carbons (Fsp3) is 0.421. The third kappa shape index (κ3) is 5.09. The zero-order valence-electron chi connectivity index (χ0n) is 16.8. The van der Waals surface area contributed by atoms with E-state index in [1.54, 1.807) is 52.1 Å². The SMILES string of the molecule is CCOC(=O)c1nnn(C(CC)C(=O)Nc2ccc(OC)cc2)c1C(=O)OCC. The molecule has 1 aromatic heterocycles. The maximum absolute atomic E-state index is 12.8. The number of esters is 2. The zero-order chi connectivity index (χ0) is 21.4. The number of aromatic nitrogens is 3. The van der Waals surface area contributed by atoms with E-state index in [1.165, 1.54) is 0 Å². The van der Waals surface area contributed by atoms with Gasteiger partial charge < -0.3 is 19.5 Å². The lowest BCUT2D eigenvalue weighted by Crippen LogP contribution is -2.29. The molecule has 0 spiro atoms. The highest BCUT2D eigenvalue weighted by atomic mass is 16.5. The number of anilines is 1. The van der Waals surface area contributed by atoms with Crippen LogP contribution in [0.4, 0.5) is 5.69 Å². The van der Waals surface area contributed by atoms with Crippen LogP contribution in [0.1, 0.15) is 54.2 Å². The maximum atomic E-state index is 12.8. The standard InChI is InChI=1S/C19H24N4O6/c1-5-14(17(24)20-12-8-10-13(27-4)11-9-12)23-16(19(26)29-7-3)15(21-22-23)18(25)28-6-2/h8-11,14H,5-7H2,1-4H3,(H,20,24). The van der Waals surface area contributed by atoms with E-state index >= 15 is 0 Å². The van der Waals surface area contributed by atoms with E-state index < -0.39 is 23.9 Å². The van der Waals surface area contributed by atoms with E-state index in [-0.39, 0.29) is 24.6 Å². The molecule has 0 radical (unpaired) electrons. The van der Waals surface area contributed by atoms with Crippen molar-refractivity contribution in [3.63, 3.8) is 0 Å². The van der Waals surface area contributed by atoms with Gasteiger partial charge in [0.2, 0.25) is 11.6 Å². The summed E-state index contributed by atoms with van der Waals surface area (Å²) in [6, 6.07) is 5.87. The highest BCUT2D eigenvalue weighted by molar-refractivity contribution is 6.01. The van der Waals surface area contributed by atoms with Crippen LogP contribution in [0.2, 0.25) is 0 Å². The second kappa shape index (κ2) is 10.2. The van der Waals surface area contributed by atoms with Crippen LogP contribution in [0.3, 0.4) is 0 Å². The molecule has 10 heteroatoms. The minimum absolute atomic E-state index is 0.0844. The van der Waals surface area contributed by atoms with Crippen LogP contribution in [-0.2, 0) is 14.3 Å². The number of carbonyl (C=O) groups excluding carboxylic acids is 3. The molecule has 0 aliphatic heterocycles. The molecule has 156 valence electrons. The molecule has 0 fully saturated rings. The van der Waals surface area contributed by atoms with Crippen molar-refractivity contribution < 1.29 is 28.6 Å². The molecule has 10 nitrogen and oxygen atoms in total. The predicted octanol–water partition coefficient (Wildman–Crippen LogP) is 2.23. The highest BCUT2D eigenvalue weighted by Crippen LogP contribution is 2.21. The molecule has 0 saturated carbocycles. The summed E-state index contributed by atoms with van der Waals surface area (Å²) in [6.07, 6.45) is 0.292. The Morgan fingerprint density at radius 1 is 1.03 bits per heavy atom. The van der Waals surface area contributed by atoms with E-state index in [4.69, 9.17) is 14.2 Å². The van der Waals surface area contributed by atoms with E-state index in [2.05, 4.69) is 15.6 Å². The lowest BCUT2D eigenvalue weighted by molar-refractivity contribution is -0.119. The van der Waals surface area contributed by atoms with Crippen LogP contribution in [0, 0.1) is 0 Å². The summed E-state index contributed by atoms with van der Waals surface area (Å²) in [7, 11) is 1.55. The number of nitrogens with one attached hydrogen (secondary N) is 1. The highest BCUT2D eigenvalue weighted by Gasteiger charge is 2.33. The van der Waals surface area contributed by atoms with Crippen molar-refractivity contribution in [2.24, 2.45) is 0 Å². The fourth-order valence-electron chi connectivity index (χ4n) is 2.61. The molecule has 0 aliphatic rings. The summed E-state index contributed by atoms with van der Waals surface area (Å²) in [6.45, 7) is 5.19. The first-order valence-corrected chi connectivity index (χ1v) is 9.21. The van der Waals surface area contributed by atoms with Gasteiger partial charge in [-0.05, 0) is 44.5 Å². The summed E-state index contributed by atoms with van der Waals surface area (Å²) >= 11 is 0. The van der Waals surface area contributed by atoms with Gasteiger partial charge >= 0.3 is 11.9 Å². The van der Waals surface area contributed by atoms with Crippen LogP contribution in [0.25, 0.3) is 0 Å². The van der Waals surface area contributed by atoms with Gasteiger partial charge in [0.05, 0.1) is 20.3 Å². The average molecular weight is 404 g/mol. The summed E-state index contributed by atoms with van der Waals surface area (Å²) in [5.41, 5.74) is 0.0284. The monoisotopic (exact) mass is 404 g/mol. The van der Waals surface area contributed by atoms with Crippen molar-refractivity contribution in [3.05, 3.63) is 35.7 Å². The second-order valence-electron chi connectivity index (χ2n) is 5.81. The summed E-state index contributed by atoms with van der Waals surface area (Å²) in [4.78, 5) is 37.4. The first-order chi connectivity index (χ1) is 14.0. The van der Waals surface area contributed by atoms with Crippen LogP contribution < -0.4 is 10.1 Å². The number of ether oxygens (including phenoxy) is 3. The molecule has 29 heavy (non-hydrogen) atoms. The molecule has 1 amide bonds. The smallest absolute Gasteiger partial charge is 0.361 e. The normalized spacial score (nSPS) is 11.4. The lowest BCUT2D eigenvalue weighted by Gasteiger charge is -2.17. The maximum Gasteiger partial charge on any atom is 0.361 e. The van der Waals surface area contributed by atoms with Crippen LogP contribution >= 0.6 is 0 Å². The molecule has 0 bridgehead atoms. The van der Waals surface area contributed by atoms with E-state index in [1.807, 2.05) is 0 Å². The van der Waals surface area contributed by atoms with Crippen molar-refractivity contribution in [1.82, 2.24) is 15.0 Å². The van der Waals surface area contributed by atoms with Crippen molar-refractivity contribution in [1.29, 1.82) is 0 Å². The average Bonchev–Trinajstić information content (AvgIpc) is 3.14. The van der Waals surface area contributed by atoms with E-state index in [0.717, 1.165) is 4.68 Å². The number of hydrogen-bond acceptors (Lipinski definition) is 8. The number of hydrogen-bond donors (Lipinski definition) is 1. The number of benzene rings is 1. The molecule has 1 unspecified atom stereocenters. The Hall–Kier alpha value is -3.43. The third-order valence-electron chi connectivity index (χ3n) is 3.97. The Kier molecular flexibility index (Phi) is 7.70. The van der Waals surface area contributed by atoms with Crippen molar-refractivity contribution in [3.8, 4) is 5.75 Å². The van der Waals surface area contributed by atoms with E-state index in [9.17, 15) is 14.4 Å². The Balaban J connectivity index is 2.36. The van der Waals surface area contributed by atoms with Gasteiger partial charge in [-0.2, -0.15) is 0 Å². The number of carbonyl (C=O) groups is 3. The van der Waals surface area contributed by atoms with E-state index in [0.29, 0.717) is 17.9 Å². The van der Waals surface area contributed by atoms with Crippen molar-refractivity contribution in [2.45, 2.75) is 33.2 Å². The minimum atomic E-state index is -0.896. The molecule has 2 aromatic rings. The van der Waals surface area contributed by atoms with Gasteiger partial charge in [0.1, 0.15) is 11.8 Å². The molecule has 1 atom stereocenters. The molecule has 1 heterocycles. The topological polar surface area (TPSA) is 122 Å². The molecule has 1 N–H and O–H groups in total. The van der Waals surface area contributed by atoms with Crippen molar-refractivity contribution in [2.75, 3.05) is 25.6 Å². The Morgan fingerprint density at radius 2 is 1.66 bits per heavy atom. The second-order valence-corrected chi connectivity index (χ2v) is 5.81. The van der Waals surface area contributed by atoms with Gasteiger partial charge in [-0.3, -0.25) is 4.79 Å². The van der Waals surface area contributed by atoms with Gasteiger partial charge in [-0.25, -0.2) is 14.3 Å². The van der Waals surface area contributed by atoms with Gasteiger partial charge in [0.15, 0.2) is 5.69 Å². The Labute approximate surface area is 168 Å². The van der Waals surface area contributed by atoms with Crippen LogP contribution in [-0.4, -0.2) is 53.2 Å². The predicted molar refractivity (Wildman–Crippen MR) is 103 cm³/mol.